The van der Waals surface area contributed by atoms with E-state index in [1.165, 1.54) is 18.2 Å². The molecule has 0 amide bonds. The minimum atomic E-state index is -4.89. The molecule has 0 aromatic heterocycles. The van der Waals surface area contributed by atoms with Gasteiger partial charge in [0.25, 0.3) is 0 Å². The van der Waals surface area contributed by atoms with Crippen LogP contribution in [0.15, 0.2) is 69.6 Å². The first-order valence-corrected chi connectivity index (χ1v) is 28.0. The Balaban J connectivity index is 0.00000913. The van der Waals surface area contributed by atoms with E-state index in [2.05, 4.69) is 20.8 Å². The van der Waals surface area contributed by atoms with Crippen LogP contribution in [0, 0.1) is 0 Å². The van der Waals surface area contributed by atoms with Crippen molar-refractivity contribution in [3.05, 3.63) is 82.6 Å². The van der Waals surface area contributed by atoms with Crippen LogP contribution in [0.2, 0.25) is 0 Å². The minimum absolute atomic E-state index is 0. The summed E-state index contributed by atoms with van der Waals surface area (Å²) in [6.07, 6.45) is 5.43. The first kappa shape index (κ1) is 67.4. The topological polar surface area (TPSA) is 276 Å². The molecule has 4 rings (SSSR count). The number of fused-ring (bicyclic) bond motifs is 2. The second kappa shape index (κ2) is 32.9. The summed E-state index contributed by atoms with van der Waals surface area (Å²) in [5, 5.41) is 9.58. The molecule has 0 fully saturated rings. The van der Waals surface area contributed by atoms with Gasteiger partial charge in [-0.15, -0.1) is 0 Å². The molecular formula is C48H70N2Na2O18S3. The van der Waals surface area contributed by atoms with Gasteiger partial charge in [-0.1, -0.05) is 26.8 Å². The van der Waals surface area contributed by atoms with Gasteiger partial charge in [-0.2, -0.15) is 0 Å². The minimum Gasteiger partial charge on any atom is -0.748 e. The fourth-order valence-electron chi connectivity index (χ4n) is 8.04. The van der Waals surface area contributed by atoms with E-state index in [1.54, 1.807) is 32.3 Å². The third kappa shape index (κ3) is 23.5. The number of rotatable bonds is 34. The molecule has 0 bridgehead atoms. The third-order valence-electron chi connectivity index (χ3n) is 11.5. The van der Waals surface area contributed by atoms with E-state index in [0.717, 1.165) is 11.1 Å². The molecule has 1 aliphatic carbocycles. The molecule has 0 radical (unpaired) electrons. The van der Waals surface area contributed by atoms with Crippen LogP contribution >= 0.6 is 0 Å². The van der Waals surface area contributed by atoms with Gasteiger partial charge in [-0.05, 0) is 78.8 Å². The van der Waals surface area contributed by atoms with Crippen molar-refractivity contribution in [2.24, 2.45) is 0 Å². The van der Waals surface area contributed by atoms with Crippen LogP contribution in [-0.4, -0.2) is 175 Å². The Hall–Kier alpha value is -1.66. The van der Waals surface area contributed by atoms with E-state index in [4.69, 9.17) is 42.7 Å². The fraction of sp³-hybridized carbons (Fsp3) is 0.604. The molecule has 400 valence electrons. The van der Waals surface area contributed by atoms with Crippen molar-refractivity contribution in [3.8, 4) is 11.3 Å². The number of nitrogens with zero attached hydrogens (tertiary/aromatic N) is 2. The zero-order valence-electron chi connectivity index (χ0n) is 43.3. The molecule has 20 nitrogen and oxygen atoms in total. The number of allylic oxidation sites excluding steroid dienone is 3. The van der Waals surface area contributed by atoms with Crippen LogP contribution in [0.4, 0.5) is 5.69 Å². The normalized spacial score (nSPS) is 16.3. The van der Waals surface area contributed by atoms with E-state index in [0.29, 0.717) is 93.2 Å². The van der Waals surface area contributed by atoms with Crippen molar-refractivity contribution >= 4 is 42.1 Å². The number of ether oxygens (including phenoxy) is 7. The summed E-state index contributed by atoms with van der Waals surface area (Å²) in [5.41, 5.74) is 1.98. The summed E-state index contributed by atoms with van der Waals surface area (Å²) >= 11 is 0. The molecule has 1 N–H and O–H groups in total. The van der Waals surface area contributed by atoms with Crippen LogP contribution in [0.3, 0.4) is 0 Å². The molecule has 3 aliphatic rings. The van der Waals surface area contributed by atoms with Crippen molar-refractivity contribution in [1.82, 2.24) is 4.58 Å². The van der Waals surface area contributed by atoms with Gasteiger partial charge in [0.05, 0.1) is 117 Å². The predicted molar refractivity (Wildman–Crippen MR) is 262 cm³/mol. The second-order valence-electron chi connectivity index (χ2n) is 17.9. The molecule has 0 spiro atoms. The van der Waals surface area contributed by atoms with Crippen LogP contribution in [0.5, 0.6) is 0 Å². The number of hydrogen-bond acceptors (Lipinski definition) is 19. The number of aliphatic hydroxyl groups is 1. The molecule has 1 unspecified atom stereocenters. The quantitative estimate of drug-likeness (QED) is 0.0271. The molecule has 73 heavy (non-hydrogen) atoms. The van der Waals surface area contributed by atoms with Gasteiger partial charge < -0.3 is 61.2 Å². The zero-order chi connectivity index (χ0) is 52.1. The fourth-order valence-corrected chi connectivity index (χ4v) is 9.52. The van der Waals surface area contributed by atoms with E-state index in [1.807, 2.05) is 33.7 Å². The summed E-state index contributed by atoms with van der Waals surface area (Å²) in [4.78, 5) is 1.45. The molecule has 0 saturated heterocycles. The Kier molecular flexibility index (Phi) is 30.4. The maximum Gasteiger partial charge on any atom is 1.00 e. The van der Waals surface area contributed by atoms with Crippen molar-refractivity contribution in [1.29, 1.82) is 0 Å². The predicted octanol–water partition coefficient (Wildman–Crippen LogP) is -2.96. The van der Waals surface area contributed by atoms with Crippen molar-refractivity contribution < 1.29 is 141 Å². The Morgan fingerprint density at radius 1 is 0.712 bits per heavy atom. The maximum atomic E-state index is 12.3. The van der Waals surface area contributed by atoms with Gasteiger partial charge in [0.1, 0.15) is 34.8 Å². The van der Waals surface area contributed by atoms with Crippen LogP contribution in [0.1, 0.15) is 63.8 Å². The van der Waals surface area contributed by atoms with Crippen molar-refractivity contribution in [2.75, 3.05) is 136 Å². The standard InChI is InChI=1S/C48H72N2O18S3.2Na/c1-47(2,3)42-36-39(68-45-35-38(11-13-41(42)45)49(16-8-34-70(55,56)57)17-20-62-25-28-67-32-31-65-24-23-61-5)9-6-10-46-48(4,15-7-33-69(52,53)54)43-37-40(71(58,59)60)12-14-44(43)50(46)18-21-63-26-29-66-30-27-64-22-19-51;;/h6,9-14,35-37,51H,7-8,15-34H2,1-5H3,(H2-,52,53,54,55,56,57,58,59,60);;/q;2*+1/p-2. The van der Waals surface area contributed by atoms with Gasteiger partial charge in [-0.25, -0.2) is 29.8 Å². The van der Waals surface area contributed by atoms with Gasteiger partial charge in [-0.3, -0.25) is 0 Å². The second-order valence-corrected chi connectivity index (χ2v) is 22.3. The maximum absolute atomic E-state index is 12.3. The van der Waals surface area contributed by atoms with Crippen LogP contribution < -0.4 is 73.9 Å². The summed E-state index contributed by atoms with van der Waals surface area (Å²) < 4.78 is 154. The molecule has 1 aromatic carbocycles. The monoisotopic (exact) mass is 1100 g/mol. The SMILES string of the molecule is COCCOCCOCCOCC[N+](CCCS(=O)(=O)[O-])=c1ccc2c(C(C)(C)C)cc(/C=C/C=C3/N(CCOCCOCCOCCO)c4ccc(S(=O)(=O)[O-])cc4C3(C)CCCS(=O)(=O)[O-])oc-2c1.[Na+].[Na+]. The van der Waals surface area contributed by atoms with Crippen molar-refractivity contribution in [2.45, 2.75) is 62.7 Å². The number of hydrogen-bond donors (Lipinski definition) is 1. The largest absolute Gasteiger partial charge is 1.00 e. The number of aliphatic hydroxyl groups excluding tert-OH is 1. The van der Waals surface area contributed by atoms with Gasteiger partial charge >= 0.3 is 59.1 Å². The molecule has 2 aliphatic heterocycles. The Bertz CT molecular complexity index is 2590. The number of methoxy groups -OCH3 is 1. The number of anilines is 1. The average Bonchev–Trinajstić information content (AvgIpc) is 3.51. The van der Waals surface area contributed by atoms with Crippen molar-refractivity contribution in [3.63, 3.8) is 0 Å². The molecule has 0 saturated carbocycles. The van der Waals surface area contributed by atoms with Crippen LogP contribution in [0.25, 0.3) is 17.4 Å². The average molecular weight is 1110 g/mol. The van der Waals surface area contributed by atoms with E-state index < -0.39 is 52.2 Å². The van der Waals surface area contributed by atoms with E-state index in [9.17, 15) is 38.9 Å². The Labute approximate surface area is 475 Å². The molecule has 2 heterocycles. The summed E-state index contributed by atoms with van der Waals surface area (Å²) in [7, 11) is -12.3. The molecule has 25 heteroatoms. The third-order valence-corrected chi connectivity index (χ3v) is 13.9. The van der Waals surface area contributed by atoms with Gasteiger partial charge in [0.15, 0.2) is 6.54 Å². The molecule has 1 aromatic rings. The first-order chi connectivity index (χ1) is 33.6. The smallest absolute Gasteiger partial charge is 0.748 e. The Morgan fingerprint density at radius 3 is 1.84 bits per heavy atom. The zero-order valence-corrected chi connectivity index (χ0v) is 49.8. The summed E-state index contributed by atoms with van der Waals surface area (Å²) in [6, 6.07) is 11.7. The first-order valence-electron chi connectivity index (χ1n) is 23.4. The van der Waals surface area contributed by atoms with Gasteiger partial charge in [0.2, 0.25) is 5.36 Å². The van der Waals surface area contributed by atoms with Crippen LogP contribution in [-0.2, 0) is 74.3 Å². The molecular weight excluding hydrogens is 1030 g/mol. The number of benzene rings is 2. The molecule has 1 atom stereocenters. The van der Waals surface area contributed by atoms with Gasteiger partial charge in [0, 0.05) is 60.0 Å². The summed E-state index contributed by atoms with van der Waals surface area (Å²) in [5.74, 6) is -0.218. The Morgan fingerprint density at radius 2 is 1.27 bits per heavy atom. The van der Waals surface area contributed by atoms with E-state index in [-0.39, 0.29) is 137 Å². The summed E-state index contributed by atoms with van der Waals surface area (Å²) in [6.45, 7) is 13.0. The van der Waals surface area contributed by atoms with E-state index >= 15 is 0 Å².